The monoisotopic (exact) mass is 666 g/mol. The van der Waals surface area contributed by atoms with E-state index in [0.29, 0.717) is 0 Å². The molecule has 0 spiro atoms. The molecule has 0 amide bonds. The molecule has 11 aromatic rings. The maximum absolute atomic E-state index is 2.42. The zero-order valence-corrected chi connectivity index (χ0v) is 29.1. The number of fused-ring (bicyclic) bond motifs is 12. The molecule has 11 aromatic carbocycles. The number of hydrogen-bond donors (Lipinski definition) is 0. The fourth-order valence-electron chi connectivity index (χ4n) is 10.4. The van der Waals surface area contributed by atoms with Crippen molar-refractivity contribution >= 4 is 64.6 Å². The van der Waals surface area contributed by atoms with E-state index >= 15 is 0 Å². The van der Waals surface area contributed by atoms with Crippen molar-refractivity contribution in [1.29, 1.82) is 0 Å². The van der Waals surface area contributed by atoms with Gasteiger partial charge < -0.3 is 0 Å². The van der Waals surface area contributed by atoms with E-state index in [2.05, 4.69) is 171 Å². The molecule has 242 valence electrons. The fraction of sp³-hybridized carbons (Fsp3) is 0.0189. The molecule has 0 saturated heterocycles. The van der Waals surface area contributed by atoms with Crippen LogP contribution in [-0.2, 0) is 0 Å². The standard InChI is InChI=1S/C53H30/c1-29-13-15-31(16-14-29)33-10-6-12-37-35(33)18-20-39-41-22-24-43-44-25-27-46-48-36-11-5-9-32(30-7-3-2-4-8-30)34(36)17-19-38(48)40-21-23-42(50(44)52(40)46)45-26-28-47(49(37)39)53(41)51(43)45/h2-28H,1H3. The summed E-state index contributed by atoms with van der Waals surface area (Å²) in [5, 5.41) is 16.2. The van der Waals surface area contributed by atoms with Gasteiger partial charge in [-0.25, -0.2) is 0 Å². The molecule has 0 heterocycles. The van der Waals surface area contributed by atoms with Crippen molar-refractivity contribution in [3.05, 3.63) is 169 Å². The Bertz CT molecular complexity index is 3400. The lowest BCUT2D eigenvalue weighted by atomic mass is 9.86. The fourth-order valence-corrected chi connectivity index (χ4v) is 10.4. The van der Waals surface area contributed by atoms with Crippen LogP contribution in [0, 0.1) is 6.92 Å². The van der Waals surface area contributed by atoms with Gasteiger partial charge in [-0.05, 0) is 138 Å². The Hall–Kier alpha value is -6.76. The Morgan fingerprint density at radius 3 is 1.13 bits per heavy atom. The van der Waals surface area contributed by atoms with Crippen molar-refractivity contribution in [2.75, 3.05) is 0 Å². The maximum Gasteiger partial charge on any atom is -0.00137 e. The van der Waals surface area contributed by atoms with Crippen LogP contribution < -0.4 is 0 Å². The Kier molecular flexibility index (Phi) is 5.14. The summed E-state index contributed by atoms with van der Waals surface area (Å²) in [7, 11) is 0. The largest absolute Gasteiger partial charge is 0.0622 e. The molecule has 0 saturated carbocycles. The van der Waals surface area contributed by atoms with Gasteiger partial charge in [-0.2, -0.15) is 0 Å². The van der Waals surface area contributed by atoms with Gasteiger partial charge in [-0.15, -0.1) is 0 Å². The van der Waals surface area contributed by atoms with E-state index in [-0.39, 0.29) is 0 Å². The summed E-state index contributed by atoms with van der Waals surface area (Å²) in [5.41, 5.74) is 17.2. The van der Waals surface area contributed by atoms with Crippen LogP contribution in [0.1, 0.15) is 5.56 Å². The van der Waals surface area contributed by atoms with Crippen LogP contribution >= 0.6 is 0 Å². The Labute approximate surface area is 306 Å². The molecule has 0 aromatic heterocycles. The molecular formula is C53H30. The highest BCUT2D eigenvalue weighted by atomic mass is 14.3. The second-order valence-corrected chi connectivity index (χ2v) is 15.2. The maximum atomic E-state index is 2.42. The quantitative estimate of drug-likeness (QED) is 0.127. The molecule has 0 aliphatic heterocycles. The first-order valence-corrected chi connectivity index (χ1v) is 18.7. The van der Waals surface area contributed by atoms with Gasteiger partial charge in [0, 0.05) is 0 Å². The van der Waals surface area contributed by atoms with Crippen molar-refractivity contribution in [2.45, 2.75) is 6.92 Å². The zero-order valence-electron chi connectivity index (χ0n) is 29.1. The molecule has 0 unspecified atom stereocenters. The molecule has 0 fully saturated rings. The lowest BCUT2D eigenvalue weighted by Gasteiger charge is -2.17. The first kappa shape index (κ1) is 27.9. The summed E-state index contributed by atoms with van der Waals surface area (Å²) in [5.74, 6) is 0. The predicted molar refractivity (Wildman–Crippen MR) is 227 cm³/mol. The summed E-state index contributed by atoms with van der Waals surface area (Å²) >= 11 is 0. The normalized spacial score (nSPS) is 12.6. The van der Waals surface area contributed by atoms with Crippen molar-refractivity contribution in [1.82, 2.24) is 0 Å². The van der Waals surface area contributed by atoms with E-state index in [4.69, 9.17) is 0 Å². The van der Waals surface area contributed by atoms with Crippen molar-refractivity contribution < 1.29 is 0 Å². The molecule has 0 radical (unpaired) electrons. The zero-order chi connectivity index (χ0) is 34.5. The molecular weight excluding hydrogens is 637 g/mol. The third-order valence-corrected chi connectivity index (χ3v) is 12.6. The molecule has 2 aliphatic rings. The van der Waals surface area contributed by atoms with Crippen molar-refractivity contribution in [3.8, 4) is 66.8 Å². The lowest BCUT2D eigenvalue weighted by Crippen LogP contribution is -1.89. The second-order valence-electron chi connectivity index (χ2n) is 15.2. The number of benzene rings is 11. The van der Waals surface area contributed by atoms with Crippen LogP contribution in [0.15, 0.2) is 164 Å². The van der Waals surface area contributed by atoms with Crippen LogP contribution in [-0.4, -0.2) is 0 Å². The minimum absolute atomic E-state index is 1.26. The second kappa shape index (κ2) is 9.76. The Morgan fingerprint density at radius 1 is 0.226 bits per heavy atom. The molecule has 53 heavy (non-hydrogen) atoms. The van der Waals surface area contributed by atoms with E-state index in [9.17, 15) is 0 Å². The van der Waals surface area contributed by atoms with Gasteiger partial charge in [-0.1, -0.05) is 169 Å². The molecule has 0 atom stereocenters. The topological polar surface area (TPSA) is 0 Å². The molecule has 0 bridgehead atoms. The van der Waals surface area contributed by atoms with Gasteiger partial charge in [0.15, 0.2) is 0 Å². The smallest absolute Gasteiger partial charge is 0.00137 e. The van der Waals surface area contributed by atoms with Gasteiger partial charge in [0.2, 0.25) is 0 Å². The van der Waals surface area contributed by atoms with E-state index in [1.54, 1.807) is 0 Å². The lowest BCUT2D eigenvalue weighted by molar-refractivity contribution is 1.47. The molecule has 2 aliphatic carbocycles. The number of rotatable bonds is 2. The molecule has 13 rings (SSSR count). The highest BCUT2D eigenvalue weighted by molar-refractivity contribution is 6.41. The third-order valence-electron chi connectivity index (χ3n) is 12.6. The highest BCUT2D eigenvalue weighted by Gasteiger charge is 2.30. The Balaban J connectivity index is 1.07. The minimum Gasteiger partial charge on any atom is -0.0622 e. The average Bonchev–Trinajstić information content (AvgIpc) is 3.74. The summed E-state index contributed by atoms with van der Waals surface area (Å²) in [4.78, 5) is 0. The molecule has 0 heteroatoms. The predicted octanol–water partition coefficient (Wildman–Crippen LogP) is 15.0. The average molecular weight is 667 g/mol. The van der Waals surface area contributed by atoms with Gasteiger partial charge in [0.25, 0.3) is 0 Å². The number of hydrogen-bond acceptors (Lipinski definition) is 0. The van der Waals surface area contributed by atoms with Gasteiger partial charge >= 0.3 is 0 Å². The molecule has 0 nitrogen and oxygen atoms in total. The minimum atomic E-state index is 1.26. The van der Waals surface area contributed by atoms with Crippen LogP contribution in [0.5, 0.6) is 0 Å². The van der Waals surface area contributed by atoms with Gasteiger partial charge in [-0.3, -0.25) is 0 Å². The summed E-state index contributed by atoms with van der Waals surface area (Å²) in [6.07, 6.45) is 0. The van der Waals surface area contributed by atoms with E-state index < -0.39 is 0 Å². The van der Waals surface area contributed by atoms with E-state index in [0.717, 1.165) is 0 Å². The van der Waals surface area contributed by atoms with Gasteiger partial charge in [0.05, 0.1) is 0 Å². The van der Waals surface area contributed by atoms with Crippen LogP contribution in [0.4, 0.5) is 0 Å². The van der Waals surface area contributed by atoms with E-state index in [1.807, 2.05) is 0 Å². The molecule has 0 N–H and O–H groups in total. The van der Waals surface area contributed by atoms with Crippen LogP contribution in [0.3, 0.4) is 0 Å². The van der Waals surface area contributed by atoms with Crippen molar-refractivity contribution in [2.24, 2.45) is 0 Å². The summed E-state index contributed by atoms with van der Waals surface area (Å²) in [6.45, 7) is 2.15. The number of aryl methyl sites for hydroxylation is 1. The van der Waals surface area contributed by atoms with E-state index in [1.165, 1.54) is 137 Å². The first-order valence-electron chi connectivity index (χ1n) is 18.7. The van der Waals surface area contributed by atoms with Crippen LogP contribution in [0.25, 0.3) is 131 Å². The summed E-state index contributed by atoms with van der Waals surface area (Å²) in [6, 6.07) is 62.1. The summed E-state index contributed by atoms with van der Waals surface area (Å²) < 4.78 is 0. The Morgan fingerprint density at radius 2 is 0.642 bits per heavy atom. The third kappa shape index (κ3) is 3.42. The first-order chi connectivity index (χ1) is 26.2. The van der Waals surface area contributed by atoms with Gasteiger partial charge in [0.1, 0.15) is 0 Å². The van der Waals surface area contributed by atoms with Crippen molar-refractivity contribution in [3.63, 3.8) is 0 Å². The van der Waals surface area contributed by atoms with Crippen LogP contribution in [0.2, 0.25) is 0 Å². The SMILES string of the molecule is Cc1ccc(-c2cccc3c4c(ccc23)-c2ccc3c5ccc6c7c(ccc(c8ccc-4c2c38)c75)-c2ccc3c(-c4ccccc4)cccc3c2-6)cc1. The highest BCUT2D eigenvalue weighted by Crippen LogP contribution is 2.58.